The summed E-state index contributed by atoms with van der Waals surface area (Å²) in [6.45, 7) is 4.15. The molecule has 0 aromatic carbocycles. The molecule has 2 atom stereocenters. The average molecular weight is 351 g/mol. The van der Waals surface area contributed by atoms with Crippen LogP contribution in [0.15, 0.2) is 15.7 Å². The topological polar surface area (TPSA) is 59.2 Å². The van der Waals surface area contributed by atoms with Crippen molar-refractivity contribution < 1.29 is 9.21 Å². The van der Waals surface area contributed by atoms with Gasteiger partial charge in [-0.3, -0.25) is 4.79 Å². The van der Waals surface area contributed by atoms with E-state index in [1.165, 1.54) is 28.6 Å². The minimum Gasteiger partial charge on any atom is -0.410 e. The maximum Gasteiger partial charge on any atom is 0.277 e. The number of aryl methyl sites for hydroxylation is 1. The monoisotopic (exact) mass is 351 g/mol. The van der Waals surface area contributed by atoms with Gasteiger partial charge in [-0.25, -0.2) is 0 Å². The lowest BCUT2D eigenvalue weighted by atomic mass is 9.90. The van der Waals surface area contributed by atoms with Crippen LogP contribution in [-0.4, -0.2) is 40.3 Å². The van der Waals surface area contributed by atoms with Crippen molar-refractivity contribution in [1.29, 1.82) is 0 Å². The van der Waals surface area contributed by atoms with Crippen LogP contribution in [0.25, 0.3) is 10.8 Å². The molecule has 0 unspecified atom stereocenters. The molecule has 0 aliphatic heterocycles. The Labute approximate surface area is 144 Å². The van der Waals surface area contributed by atoms with Crippen LogP contribution >= 0.6 is 23.1 Å². The van der Waals surface area contributed by atoms with Crippen molar-refractivity contribution in [1.82, 2.24) is 15.1 Å². The van der Waals surface area contributed by atoms with Crippen LogP contribution in [0.4, 0.5) is 0 Å². The molecule has 0 saturated heterocycles. The molecule has 1 amide bonds. The van der Waals surface area contributed by atoms with Gasteiger partial charge in [-0.15, -0.1) is 21.5 Å². The molecule has 0 radical (unpaired) electrons. The highest BCUT2D eigenvalue weighted by Crippen LogP contribution is 2.37. The van der Waals surface area contributed by atoms with Crippen LogP contribution in [0.3, 0.4) is 0 Å². The smallest absolute Gasteiger partial charge is 0.277 e. The lowest BCUT2D eigenvalue weighted by Gasteiger charge is -2.16. The third-order valence-corrected chi connectivity index (χ3v) is 6.16. The molecule has 1 aliphatic carbocycles. The number of thiophene rings is 1. The lowest BCUT2D eigenvalue weighted by molar-refractivity contribution is -0.127. The van der Waals surface area contributed by atoms with E-state index in [0.717, 1.165) is 23.6 Å². The maximum atomic E-state index is 11.9. The summed E-state index contributed by atoms with van der Waals surface area (Å²) in [7, 11) is 3.49. The van der Waals surface area contributed by atoms with Crippen LogP contribution in [0.1, 0.15) is 30.7 Å². The number of carbonyl (C=O) groups excluding carboxylic acids is 1. The quantitative estimate of drug-likeness (QED) is 0.789. The van der Waals surface area contributed by atoms with Crippen molar-refractivity contribution in [2.75, 3.05) is 14.1 Å². The highest BCUT2D eigenvalue weighted by molar-refractivity contribution is 8.00. The third kappa shape index (κ3) is 3.61. The number of hydrogen-bond donors (Lipinski definition) is 0. The molecule has 7 heteroatoms. The Bertz CT molecular complexity index is 708. The predicted molar refractivity (Wildman–Crippen MR) is 92.8 cm³/mol. The molecule has 0 spiro atoms. The minimum atomic E-state index is -0.240. The number of nitrogens with zero attached hydrogens (tertiary/aromatic N) is 3. The zero-order valence-electron chi connectivity index (χ0n) is 13.8. The highest BCUT2D eigenvalue weighted by atomic mass is 32.2. The average Bonchev–Trinajstić information content (AvgIpc) is 3.12. The third-order valence-electron chi connectivity index (χ3n) is 4.01. The molecule has 1 aliphatic rings. The molecule has 5 nitrogen and oxygen atoms in total. The van der Waals surface area contributed by atoms with Gasteiger partial charge < -0.3 is 9.32 Å². The van der Waals surface area contributed by atoms with E-state index < -0.39 is 0 Å². The predicted octanol–water partition coefficient (Wildman–Crippen LogP) is 3.49. The molecule has 124 valence electrons. The summed E-state index contributed by atoms with van der Waals surface area (Å²) in [6, 6.07) is 2.19. The van der Waals surface area contributed by atoms with Crippen LogP contribution in [0.2, 0.25) is 0 Å². The summed E-state index contributed by atoms with van der Waals surface area (Å²) >= 11 is 3.06. The fourth-order valence-corrected chi connectivity index (χ4v) is 4.69. The van der Waals surface area contributed by atoms with Crippen molar-refractivity contribution in [3.8, 4) is 10.8 Å². The Balaban J connectivity index is 1.74. The number of carbonyl (C=O) groups is 1. The first-order chi connectivity index (χ1) is 10.9. The molecular weight excluding hydrogens is 330 g/mol. The van der Waals surface area contributed by atoms with Gasteiger partial charge in [0.1, 0.15) is 0 Å². The molecule has 2 heterocycles. The van der Waals surface area contributed by atoms with Crippen molar-refractivity contribution in [2.24, 2.45) is 5.92 Å². The molecule has 0 saturated carbocycles. The van der Waals surface area contributed by atoms with E-state index in [9.17, 15) is 4.79 Å². The summed E-state index contributed by atoms with van der Waals surface area (Å²) in [5, 5.41) is 8.44. The van der Waals surface area contributed by atoms with Crippen molar-refractivity contribution in [2.45, 2.75) is 43.6 Å². The van der Waals surface area contributed by atoms with Crippen LogP contribution in [0.5, 0.6) is 0 Å². The van der Waals surface area contributed by atoms with Gasteiger partial charge in [0, 0.05) is 19.0 Å². The first kappa shape index (κ1) is 16.5. The van der Waals surface area contributed by atoms with E-state index in [2.05, 4.69) is 23.2 Å². The molecular formula is C16H21N3O2S2. The number of rotatable bonds is 4. The largest absolute Gasteiger partial charge is 0.410 e. The van der Waals surface area contributed by atoms with Gasteiger partial charge in [-0.1, -0.05) is 18.7 Å². The van der Waals surface area contributed by atoms with Gasteiger partial charge in [-0.2, -0.15) is 0 Å². The van der Waals surface area contributed by atoms with E-state index >= 15 is 0 Å². The van der Waals surface area contributed by atoms with Gasteiger partial charge in [0.25, 0.3) is 11.1 Å². The number of aromatic nitrogens is 2. The summed E-state index contributed by atoms with van der Waals surface area (Å²) in [4.78, 5) is 16.0. The van der Waals surface area contributed by atoms with Gasteiger partial charge >= 0.3 is 0 Å². The van der Waals surface area contributed by atoms with E-state index in [4.69, 9.17) is 4.42 Å². The summed E-state index contributed by atoms with van der Waals surface area (Å²) in [5.41, 5.74) is 1.42. The first-order valence-corrected chi connectivity index (χ1v) is 9.47. The second kappa shape index (κ2) is 6.65. The number of fused-ring (bicyclic) bond motifs is 1. The lowest BCUT2D eigenvalue weighted by Crippen LogP contribution is -2.29. The molecule has 0 N–H and O–H groups in total. The summed E-state index contributed by atoms with van der Waals surface area (Å²) < 4.78 is 5.76. The fraction of sp³-hybridized carbons (Fsp3) is 0.562. The SMILES string of the molecule is C[C@H]1CCc2sc(-c3nnc(S[C@@H](C)C(=O)N(C)C)o3)cc2C1. The number of amides is 1. The van der Waals surface area contributed by atoms with Gasteiger partial charge in [-0.05, 0) is 43.7 Å². The highest BCUT2D eigenvalue weighted by Gasteiger charge is 2.23. The Morgan fingerprint density at radius 1 is 1.48 bits per heavy atom. The first-order valence-electron chi connectivity index (χ1n) is 7.77. The minimum absolute atomic E-state index is 0.0373. The Morgan fingerprint density at radius 3 is 3.00 bits per heavy atom. The van der Waals surface area contributed by atoms with Crippen molar-refractivity contribution in [3.05, 3.63) is 16.5 Å². The van der Waals surface area contributed by atoms with Crippen LogP contribution in [0, 0.1) is 5.92 Å². The number of hydrogen-bond acceptors (Lipinski definition) is 6. The fourth-order valence-electron chi connectivity index (χ4n) is 2.73. The summed E-state index contributed by atoms with van der Waals surface area (Å²) in [5.74, 6) is 1.34. The van der Waals surface area contributed by atoms with Gasteiger partial charge in [0.05, 0.1) is 10.1 Å². The zero-order chi connectivity index (χ0) is 16.6. The zero-order valence-corrected chi connectivity index (χ0v) is 15.5. The van der Waals surface area contributed by atoms with E-state index in [1.54, 1.807) is 30.3 Å². The Kier molecular flexibility index (Phi) is 4.77. The van der Waals surface area contributed by atoms with Crippen LogP contribution < -0.4 is 0 Å². The second-order valence-electron chi connectivity index (χ2n) is 6.27. The van der Waals surface area contributed by atoms with Crippen LogP contribution in [-0.2, 0) is 17.6 Å². The maximum absolute atomic E-state index is 11.9. The van der Waals surface area contributed by atoms with E-state index in [0.29, 0.717) is 11.1 Å². The Hall–Kier alpha value is -1.34. The molecule has 23 heavy (non-hydrogen) atoms. The molecule has 0 fully saturated rings. The van der Waals surface area contributed by atoms with E-state index in [-0.39, 0.29) is 11.2 Å². The molecule has 2 aromatic heterocycles. The standard InChI is InChI=1S/C16H21N3O2S2/c1-9-5-6-12-11(7-9)8-13(23-12)14-17-18-16(21-14)22-10(2)15(20)19(3)4/h8-10H,5-7H2,1-4H3/t9-,10-/m0/s1. The molecule has 2 aromatic rings. The number of thioether (sulfide) groups is 1. The second-order valence-corrected chi connectivity index (χ2v) is 8.70. The molecule has 3 rings (SSSR count). The molecule has 0 bridgehead atoms. The normalized spacial score (nSPS) is 18.5. The summed E-state index contributed by atoms with van der Waals surface area (Å²) in [6.07, 6.45) is 3.53. The Morgan fingerprint density at radius 2 is 2.26 bits per heavy atom. The van der Waals surface area contributed by atoms with Crippen molar-refractivity contribution in [3.63, 3.8) is 0 Å². The van der Waals surface area contributed by atoms with Crippen molar-refractivity contribution >= 4 is 29.0 Å². The van der Waals surface area contributed by atoms with E-state index in [1.807, 2.05) is 6.92 Å². The van der Waals surface area contributed by atoms with Gasteiger partial charge in [0.2, 0.25) is 5.91 Å². The van der Waals surface area contributed by atoms with Gasteiger partial charge in [0.15, 0.2) is 0 Å².